The Kier molecular flexibility index (Phi) is 5.75. The van der Waals surface area contributed by atoms with E-state index in [1.54, 1.807) is 11.8 Å². The number of thioether (sulfide) groups is 1. The van der Waals surface area contributed by atoms with Crippen LogP contribution in [0.2, 0.25) is 0 Å². The lowest BCUT2D eigenvalue weighted by atomic mass is 10.1. The Balaban J connectivity index is 2.04. The Labute approximate surface area is 126 Å². The van der Waals surface area contributed by atoms with Crippen molar-refractivity contribution in [3.8, 4) is 6.07 Å². The SMILES string of the molecule is CCSc1cccc(NC(C)CN2CCCC2)c1C#N. The second-order valence-corrected chi connectivity index (χ2v) is 6.58. The van der Waals surface area contributed by atoms with E-state index in [1.165, 1.54) is 25.9 Å². The lowest BCUT2D eigenvalue weighted by Crippen LogP contribution is -2.33. The predicted molar refractivity (Wildman–Crippen MR) is 86.3 cm³/mol. The van der Waals surface area contributed by atoms with E-state index >= 15 is 0 Å². The van der Waals surface area contributed by atoms with E-state index in [0.29, 0.717) is 6.04 Å². The molecule has 1 unspecified atom stereocenters. The third kappa shape index (κ3) is 3.91. The van der Waals surface area contributed by atoms with Crippen LogP contribution in [0.3, 0.4) is 0 Å². The molecular weight excluding hydrogens is 266 g/mol. The van der Waals surface area contributed by atoms with Crippen LogP contribution in [-0.4, -0.2) is 36.3 Å². The molecule has 1 saturated heterocycles. The fraction of sp³-hybridized carbons (Fsp3) is 0.562. The first-order valence-electron chi connectivity index (χ1n) is 7.39. The van der Waals surface area contributed by atoms with E-state index in [9.17, 15) is 5.26 Å². The largest absolute Gasteiger partial charge is 0.380 e. The molecule has 1 aliphatic rings. The molecule has 108 valence electrons. The van der Waals surface area contributed by atoms with Crippen LogP contribution in [0.4, 0.5) is 5.69 Å². The number of hydrogen-bond donors (Lipinski definition) is 1. The number of benzene rings is 1. The van der Waals surface area contributed by atoms with E-state index < -0.39 is 0 Å². The van der Waals surface area contributed by atoms with Crippen LogP contribution in [0.15, 0.2) is 23.1 Å². The van der Waals surface area contributed by atoms with Crippen LogP contribution in [0, 0.1) is 11.3 Å². The number of rotatable bonds is 6. The summed E-state index contributed by atoms with van der Waals surface area (Å²) in [6.07, 6.45) is 2.64. The van der Waals surface area contributed by atoms with E-state index in [0.717, 1.165) is 28.4 Å². The molecule has 1 heterocycles. The van der Waals surface area contributed by atoms with Gasteiger partial charge in [-0.3, -0.25) is 0 Å². The molecule has 1 N–H and O–H groups in total. The molecule has 0 aliphatic carbocycles. The van der Waals surface area contributed by atoms with Gasteiger partial charge in [0, 0.05) is 17.5 Å². The molecule has 0 radical (unpaired) electrons. The Bertz CT molecular complexity index is 475. The average Bonchev–Trinajstić information content (AvgIpc) is 2.92. The van der Waals surface area contributed by atoms with Crippen molar-refractivity contribution in [3.63, 3.8) is 0 Å². The van der Waals surface area contributed by atoms with Gasteiger partial charge in [-0.25, -0.2) is 0 Å². The fourth-order valence-corrected chi connectivity index (χ4v) is 3.49. The molecule has 20 heavy (non-hydrogen) atoms. The van der Waals surface area contributed by atoms with Crippen molar-refractivity contribution in [1.29, 1.82) is 5.26 Å². The van der Waals surface area contributed by atoms with Gasteiger partial charge in [-0.2, -0.15) is 5.26 Å². The van der Waals surface area contributed by atoms with Crippen molar-refractivity contribution < 1.29 is 0 Å². The maximum Gasteiger partial charge on any atom is 0.102 e. The highest BCUT2D eigenvalue weighted by Crippen LogP contribution is 2.28. The monoisotopic (exact) mass is 289 g/mol. The van der Waals surface area contributed by atoms with Crippen molar-refractivity contribution in [2.45, 2.75) is 37.6 Å². The Morgan fingerprint density at radius 1 is 1.40 bits per heavy atom. The van der Waals surface area contributed by atoms with Gasteiger partial charge in [0.2, 0.25) is 0 Å². The first kappa shape index (κ1) is 15.2. The van der Waals surface area contributed by atoms with Crippen molar-refractivity contribution >= 4 is 17.4 Å². The number of nitrogens with zero attached hydrogens (tertiary/aromatic N) is 2. The van der Waals surface area contributed by atoms with E-state index in [4.69, 9.17) is 0 Å². The van der Waals surface area contributed by atoms with Gasteiger partial charge in [0.15, 0.2) is 0 Å². The summed E-state index contributed by atoms with van der Waals surface area (Å²) in [7, 11) is 0. The number of nitriles is 1. The summed E-state index contributed by atoms with van der Waals surface area (Å²) >= 11 is 1.73. The second-order valence-electron chi connectivity index (χ2n) is 5.28. The van der Waals surface area contributed by atoms with Crippen LogP contribution >= 0.6 is 11.8 Å². The predicted octanol–water partition coefficient (Wildman–Crippen LogP) is 3.57. The molecule has 1 aromatic rings. The van der Waals surface area contributed by atoms with Crippen LogP contribution in [0.25, 0.3) is 0 Å². The van der Waals surface area contributed by atoms with Crippen molar-refractivity contribution in [3.05, 3.63) is 23.8 Å². The lowest BCUT2D eigenvalue weighted by Gasteiger charge is -2.23. The standard InChI is InChI=1S/C16H23N3S/c1-3-20-16-8-6-7-15(14(16)11-17)18-13(2)12-19-9-4-5-10-19/h6-8,13,18H,3-5,9-10,12H2,1-2H3. The molecule has 0 saturated carbocycles. The summed E-state index contributed by atoms with van der Waals surface area (Å²) in [5.74, 6) is 0.988. The zero-order valence-electron chi connectivity index (χ0n) is 12.4. The van der Waals surface area contributed by atoms with Gasteiger partial charge in [0.05, 0.1) is 11.3 Å². The summed E-state index contributed by atoms with van der Waals surface area (Å²) in [5, 5.41) is 12.9. The van der Waals surface area contributed by atoms with Gasteiger partial charge < -0.3 is 10.2 Å². The van der Waals surface area contributed by atoms with Gasteiger partial charge in [0.25, 0.3) is 0 Å². The zero-order valence-corrected chi connectivity index (χ0v) is 13.2. The summed E-state index contributed by atoms with van der Waals surface area (Å²) in [6.45, 7) is 7.78. The van der Waals surface area contributed by atoms with Crippen LogP contribution < -0.4 is 5.32 Å². The van der Waals surface area contributed by atoms with E-state index in [1.807, 2.05) is 18.2 Å². The normalized spacial score (nSPS) is 16.9. The molecule has 1 aromatic carbocycles. The Hall–Kier alpha value is -1.18. The number of hydrogen-bond acceptors (Lipinski definition) is 4. The molecule has 0 bridgehead atoms. The fourth-order valence-electron chi connectivity index (χ4n) is 2.71. The highest BCUT2D eigenvalue weighted by atomic mass is 32.2. The molecule has 4 heteroatoms. The Morgan fingerprint density at radius 2 is 2.15 bits per heavy atom. The summed E-state index contributed by atoms with van der Waals surface area (Å²) in [5.41, 5.74) is 1.75. The van der Waals surface area contributed by atoms with Gasteiger partial charge in [-0.1, -0.05) is 13.0 Å². The first-order valence-corrected chi connectivity index (χ1v) is 8.38. The minimum atomic E-state index is 0.363. The van der Waals surface area contributed by atoms with Crippen LogP contribution in [0.1, 0.15) is 32.3 Å². The van der Waals surface area contributed by atoms with Crippen LogP contribution in [0.5, 0.6) is 0 Å². The Morgan fingerprint density at radius 3 is 2.80 bits per heavy atom. The molecule has 0 aromatic heterocycles. The van der Waals surface area contributed by atoms with E-state index in [2.05, 4.69) is 30.1 Å². The third-order valence-corrected chi connectivity index (χ3v) is 4.51. The summed E-state index contributed by atoms with van der Waals surface area (Å²) in [4.78, 5) is 3.57. The molecule has 1 aliphatic heterocycles. The first-order chi connectivity index (χ1) is 9.74. The van der Waals surface area contributed by atoms with Crippen molar-refractivity contribution in [1.82, 2.24) is 4.90 Å². The van der Waals surface area contributed by atoms with Gasteiger partial charge in [-0.05, 0) is 50.7 Å². The average molecular weight is 289 g/mol. The van der Waals surface area contributed by atoms with Gasteiger partial charge in [0.1, 0.15) is 6.07 Å². The molecule has 0 spiro atoms. The molecule has 1 atom stereocenters. The van der Waals surface area contributed by atoms with Gasteiger partial charge in [-0.15, -0.1) is 11.8 Å². The molecule has 0 amide bonds. The smallest absolute Gasteiger partial charge is 0.102 e. The maximum absolute atomic E-state index is 9.41. The van der Waals surface area contributed by atoms with Crippen molar-refractivity contribution in [2.75, 3.05) is 30.7 Å². The minimum absolute atomic E-state index is 0.363. The highest BCUT2D eigenvalue weighted by molar-refractivity contribution is 7.99. The topological polar surface area (TPSA) is 39.1 Å². The molecule has 3 nitrogen and oxygen atoms in total. The number of nitrogens with one attached hydrogen (secondary N) is 1. The van der Waals surface area contributed by atoms with Gasteiger partial charge >= 0.3 is 0 Å². The summed E-state index contributed by atoms with van der Waals surface area (Å²) in [6, 6.07) is 8.79. The molecule has 1 fully saturated rings. The maximum atomic E-state index is 9.41. The zero-order chi connectivity index (χ0) is 14.4. The molecular formula is C16H23N3S. The number of anilines is 1. The van der Waals surface area contributed by atoms with Crippen molar-refractivity contribution in [2.24, 2.45) is 0 Å². The highest BCUT2D eigenvalue weighted by Gasteiger charge is 2.16. The minimum Gasteiger partial charge on any atom is -0.380 e. The quantitative estimate of drug-likeness (QED) is 0.813. The van der Waals surface area contributed by atoms with Crippen LogP contribution in [-0.2, 0) is 0 Å². The molecule has 2 rings (SSSR count). The third-order valence-electron chi connectivity index (χ3n) is 3.57. The number of likely N-dealkylation sites (tertiary alicyclic amines) is 1. The lowest BCUT2D eigenvalue weighted by molar-refractivity contribution is 0.328. The van der Waals surface area contributed by atoms with E-state index in [-0.39, 0.29) is 0 Å². The summed E-state index contributed by atoms with van der Waals surface area (Å²) < 4.78 is 0. The second kappa shape index (κ2) is 7.56.